The molecule has 2 aromatic rings. The van der Waals surface area contributed by atoms with Gasteiger partial charge in [0.25, 0.3) is 5.89 Å². The van der Waals surface area contributed by atoms with Crippen molar-refractivity contribution in [2.75, 3.05) is 0 Å². The Morgan fingerprint density at radius 1 is 1.50 bits per heavy atom. The molecule has 74 valence electrons. The maximum absolute atomic E-state index is 9.14. The predicted octanol–water partition coefficient (Wildman–Crippen LogP) is 2.04. The van der Waals surface area contributed by atoms with Gasteiger partial charge in [-0.1, -0.05) is 5.16 Å². The molecule has 14 heavy (non-hydrogen) atoms. The lowest BCUT2D eigenvalue weighted by Crippen LogP contribution is -1.89. The number of hydrogen-bond acceptors (Lipinski definition) is 5. The summed E-state index contributed by atoms with van der Waals surface area (Å²) < 4.78 is 9.84. The third-order valence-electron chi connectivity index (χ3n) is 1.59. The molecule has 2 heterocycles. The van der Waals surface area contributed by atoms with Crippen molar-refractivity contribution in [3.05, 3.63) is 23.2 Å². The van der Waals surface area contributed by atoms with Crippen LogP contribution in [0.5, 0.6) is 0 Å². The highest BCUT2D eigenvalue weighted by molar-refractivity contribution is 6.28. The molecule has 0 bridgehead atoms. The zero-order valence-electron chi connectivity index (χ0n) is 7.27. The van der Waals surface area contributed by atoms with Gasteiger partial charge in [-0.2, -0.15) is 4.98 Å². The molecule has 0 aliphatic heterocycles. The van der Waals surface area contributed by atoms with E-state index in [1.165, 1.54) is 6.92 Å². The molecule has 1 unspecified atom stereocenters. The molecule has 0 fully saturated rings. The van der Waals surface area contributed by atoms with E-state index in [-0.39, 0.29) is 16.9 Å². The average Bonchev–Trinajstić information content (AvgIpc) is 2.70. The summed E-state index contributed by atoms with van der Waals surface area (Å²) in [5.74, 6) is 0.825. The second-order valence-corrected chi connectivity index (χ2v) is 3.11. The van der Waals surface area contributed by atoms with E-state index >= 15 is 0 Å². The van der Waals surface area contributed by atoms with E-state index in [0.29, 0.717) is 5.76 Å². The Morgan fingerprint density at radius 3 is 2.79 bits per heavy atom. The Kier molecular flexibility index (Phi) is 2.26. The second kappa shape index (κ2) is 3.43. The van der Waals surface area contributed by atoms with Crippen LogP contribution in [0.15, 0.2) is 21.1 Å². The number of aliphatic hydroxyl groups excluding tert-OH is 1. The zero-order chi connectivity index (χ0) is 10.1. The maximum atomic E-state index is 9.14. The normalized spacial score (nSPS) is 13.1. The Morgan fingerprint density at radius 2 is 2.29 bits per heavy atom. The van der Waals surface area contributed by atoms with Crippen LogP contribution in [-0.2, 0) is 0 Å². The van der Waals surface area contributed by atoms with Crippen LogP contribution in [0.3, 0.4) is 0 Å². The summed E-state index contributed by atoms with van der Waals surface area (Å²) >= 11 is 5.58. The fraction of sp³-hybridized carbons (Fsp3) is 0.250. The molecule has 6 heteroatoms. The number of aromatic nitrogens is 2. The summed E-state index contributed by atoms with van der Waals surface area (Å²) in [6.07, 6.45) is -0.790. The lowest BCUT2D eigenvalue weighted by molar-refractivity contribution is 0.152. The molecule has 1 N–H and O–H groups in total. The van der Waals surface area contributed by atoms with Crippen molar-refractivity contribution < 1.29 is 14.0 Å². The van der Waals surface area contributed by atoms with Crippen LogP contribution in [0, 0.1) is 0 Å². The third-order valence-corrected chi connectivity index (χ3v) is 1.80. The van der Waals surface area contributed by atoms with Crippen LogP contribution < -0.4 is 0 Å². The summed E-state index contributed by atoms with van der Waals surface area (Å²) in [7, 11) is 0. The molecule has 0 aliphatic carbocycles. The first-order valence-electron chi connectivity index (χ1n) is 3.94. The fourth-order valence-corrected chi connectivity index (χ4v) is 1.09. The summed E-state index contributed by atoms with van der Waals surface area (Å²) in [6, 6.07) is 3.20. The second-order valence-electron chi connectivity index (χ2n) is 2.74. The van der Waals surface area contributed by atoms with Crippen LogP contribution in [-0.4, -0.2) is 15.2 Å². The van der Waals surface area contributed by atoms with Crippen molar-refractivity contribution in [1.29, 1.82) is 0 Å². The van der Waals surface area contributed by atoms with Crippen molar-refractivity contribution >= 4 is 11.6 Å². The Labute approximate surface area is 84.3 Å². The van der Waals surface area contributed by atoms with Gasteiger partial charge in [-0.25, -0.2) is 0 Å². The number of hydrogen-bond donors (Lipinski definition) is 1. The SMILES string of the molecule is CC(O)c1nc(-c2ccc(Cl)o2)no1. The largest absolute Gasteiger partial charge is 0.441 e. The molecule has 0 radical (unpaired) electrons. The van der Waals surface area contributed by atoms with Gasteiger partial charge in [-0.3, -0.25) is 0 Å². The van der Waals surface area contributed by atoms with Crippen LogP contribution in [0.2, 0.25) is 5.22 Å². The fourth-order valence-electron chi connectivity index (χ4n) is 0.939. The van der Waals surface area contributed by atoms with Gasteiger partial charge < -0.3 is 14.0 Å². The highest BCUT2D eigenvalue weighted by Gasteiger charge is 2.14. The molecular formula is C8H7ClN2O3. The smallest absolute Gasteiger partial charge is 0.255 e. The molecule has 5 nitrogen and oxygen atoms in total. The number of nitrogens with zero attached hydrogens (tertiary/aromatic N) is 2. The molecule has 0 aliphatic rings. The first-order chi connectivity index (χ1) is 6.66. The molecule has 0 amide bonds. The van der Waals surface area contributed by atoms with E-state index in [1.54, 1.807) is 12.1 Å². The summed E-state index contributed by atoms with van der Waals surface area (Å²) in [5, 5.41) is 13.0. The first-order valence-corrected chi connectivity index (χ1v) is 4.32. The first kappa shape index (κ1) is 9.23. The van der Waals surface area contributed by atoms with E-state index in [0.717, 1.165) is 0 Å². The molecule has 0 saturated carbocycles. The van der Waals surface area contributed by atoms with Gasteiger partial charge >= 0.3 is 0 Å². The van der Waals surface area contributed by atoms with Crippen molar-refractivity contribution in [2.45, 2.75) is 13.0 Å². The molecule has 0 aromatic carbocycles. The third kappa shape index (κ3) is 1.64. The van der Waals surface area contributed by atoms with Gasteiger partial charge in [0.1, 0.15) is 6.10 Å². The average molecular weight is 215 g/mol. The van der Waals surface area contributed by atoms with Gasteiger partial charge in [-0.15, -0.1) is 0 Å². The molecule has 0 saturated heterocycles. The van der Waals surface area contributed by atoms with E-state index in [2.05, 4.69) is 10.1 Å². The van der Waals surface area contributed by atoms with Crippen molar-refractivity contribution in [3.63, 3.8) is 0 Å². The van der Waals surface area contributed by atoms with Crippen LogP contribution in [0.4, 0.5) is 0 Å². The zero-order valence-corrected chi connectivity index (χ0v) is 8.02. The van der Waals surface area contributed by atoms with Gasteiger partial charge in [0.2, 0.25) is 5.82 Å². The minimum absolute atomic E-state index is 0.146. The summed E-state index contributed by atoms with van der Waals surface area (Å²) in [5.41, 5.74) is 0. The number of rotatable bonds is 2. The minimum atomic E-state index is -0.790. The van der Waals surface area contributed by atoms with Crippen molar-refractivity contribution in [2.24, 2.45) is 0 Å². The lowest BCUT2D eigenvalue weighted by atomic mass is 10.4. The number of aliphatic hydroxyl groups is 1. The summed E-state index contributed by atoms with van der Waals surface area (Å²) in [4.78, 5) is 3.91. The van der Waals surface area contributed by atoms with Crippen molar-refractivity contribution in [3.8, 4) is 11.6 Å². The lowest BCUT2D eigenvalue weighted by Gasteiger charge is -1.91. The van der Waals surface area contributed by atoms with Crippen LogP contribution >= 0.6 is 11.6 Å². The maximum Gasteiger partial charge on any atom is 0.255 e. The number of furan rings is 1. The van der Waals surface area contributed by atoms with E-state index in [1.807, 2.05) is 0 Å². The Hall–Kier alpha value is -1.33. The van der Waals surface area contributed by atoms with E-state index < -0.39 is 6.10 Å². The van der Waals surface area contributed by atoms with Crippen molar-refractivity contribution in [1.82, 2.24) is 10.1 Å². The number of halogens is 1. The topological polar surface area (TPSA) is 72.3 Å². The highest BCUT2D eigenvalue weighted by atomic mass is 35.5. The predicted molar refractivity (Wildman–Crippen MR) is 47.6 cm³/mol. The van der Waals surface area contributed by atoms with E-state index in [9.17, 15) is 0 Å². The molecular weight excluding hydrogens is 208 g/mol. The van der Waals surface area contributed by atoms with Gasteiger partial charge in [-0.05, 0) is 30.7 Å². The molecule has 0 spiro atoms. The molecule has 2 rings (SSSR count). The summed E-state index contributed by atoms with van der Waals surface area (Å²) in [6.45, 7) is 1.53. The molecule has 2 aromatic heterocycles. The molecule has 1 atom stereocenters. The van der Waals surface area contributed by atoms with Gasteiger partial charge in [0.15, 0.2) is 11.0 Å². The van der Waals surface area contributed by atoms with Crippen LogP contribution in [0.25, 0.3) is 11.6 Å². The monoisotopic (exact) mass is 214 g/mol. The minimum Gasteiger partial charge on any atom is -0.441 e. The van der Waals surface area contributed by atoms with E-state index in [4.69, 9.17) is 25.6 Å². The Bertz CT molecular complexity index is 435. The van der Waals surface area contributed by atoms with Gasteiger partial charge in [0.05, 0.1) is 0 Å². The van der Waals surface area contributed by atoms with Crippen LogP contribution in [0.1, 0.15) is 18.9 Å². The Balaban J connectivity index is 2.33. The standard InChI is InChI=1S/C8H7ClN2O3/c1-4(12)8-10-7(11-14-8)5-2-3-6(9)13-5/h2-4,12H,1H3. The van der Waals surface area contributed by atoms with Gasteiger partial charge in [0, 0.05) is 0 Å². The highest BCUT2D eigenvalue weighted by Crippen LogP contribution is 2.23. The quantitative estimate of drug-likeness (QED) is 0.828.